The largest absolute Gasteiger partial charge is 0.324 e. The molecule has 0 saturated heterocycles. The molecule has 5 heteroatoms. The molecule has 0 spiro atoms. The van der Waals surface area contributed by atoms with E-state index in [9.17, 15) is 10.1 Å². The predicted octanol–water partition coefficient (Wildman–Crippen LogP) is 2.20. The van der Waals surface area contributed by atoms with Gasteiger partial charge in [-0.05, 0) is 31.5 Å². The fraction of sp³-hybridized carbons (Fsp3) is 0.556. The summed E-state index contributed by atoms with van der Waals surface area (Å²) < 4.78 is 0. The highest BCUT2D eigenvalue weighted by atomic mass is 32.1. The average molecular weight is 214 g/mol. The predicted molar refractivity (Wildman–Crippen MR) is 57.8 cm³/mol. The van der Waals surface area contributed by atoms with Crippen LogP contribution in [-0.2, 0) is 6.42 Å². The Labute approximate surface area is 87.1 Å². The third-order valence-corrected chi connectivity index (χ3v) is 2.77. The lowest BCUT2D eigenvalue weighted by Gasteiger charge is -1.99. The molecule has 14 heavy (non-hydrogen) atoms. The minimum Gasteiger partial charge on any atom is -0.316 e. The van der Waals surface area contributed by atoms with Gasteiger partial charge in [-0.25, -0.2) is 0 Å². The Morgan fingerprint density at radius 3 is 2.93 bits per heavy atom. The van der Waals surface area contributed by atoms with E-state index >= 15 is 0 Å². The quantitative estimate of drug-likeness (QED) is 0.448. The summed E-state index contributed by atoms with van der Waals surface area (Å²) in [5.74, 6) is 0. The lowest BCUT2D eigenvalue weighted by atomic mass is 10.2. The van der Waals surface area contributed by atoms with E-state index < -0.39 is 0 Å². The molecule has 0 fully saturated rings. The summed E-state index contributed by atoms with van der Waals surface area (Å²) in [6.45, 7) is 4.01. The molecular weight excluding hydrogens is 200 g/mol. The van der Waals surface area contributed by atoms with Crippen LogP contribution in [-0.4, -0.2) is 18.0 Å². The number of rotatable bonds is 6. The van der Waals surface area contributed by atoms with Crippen molar-refractivity contribution < 1.29 is 4.92 Å². The smallest absolute Gasteiger partial charge is 0.316 e. The molecule has 0 radical (unpaired) electrons. The maximum Gasteiger partial charge on any atom is 0.324 e. The molecule has 0 aliphatic carbocycles. The highest BCUT2D eigenvalue weighted by Gasteiger charge is 2.08. The third kappa shape index (κ3) is 3.43. The first-order chi connectivity index (χ1) is 6.74. The van der Waals surface area contributed by atoms with E-state index in [1.54, 1.807) is 6.07 Å². The van der Waals surface area contributed by atoms with Gasteiger partial charge in [-0.15, -0.1) is 0 Å². The fourth-order valence-corrected chi connectivity index (χ4v) is 1.89. The van der Waals surface area contributed by atoms with Crippen molar-refractivity contribution in [3.63, 3.8) is 0 Å². The van der Waals surface area contributed by atoms with Crippen molar-refractivity contribution in [3.8, 4) is 0 Å². The zero-order valence-electron chi connectivity index (χ0n) is 8.16. The van der Waals surface area contributed by atoms with Crippen molar-refractivity contribution in [2.24, 2.45) is 0 Å². The summed E-state index contributed by atoms with van der Waals surface area (Å²) in [4.78, 5) is 10.1. The fourth-order valence-electron chi connectivity index (χ4n) is 1.12. The van der Waals surface area contributed by atoms with E-state index in [0.29, 0.717) is 0 Å². The molecule has 78 valence electrons. The maximum atomic E-state index is 10.4. The molecule has 0 unspecified atom stereocenters. The topological polar surface area (TPSA) is 55.2 Å². The van der Waals surface area contributed by atoms with Crippen molar-refractivity contribution >= 4 is 16.3 Å². The van der Waals surface area contributed by atoms with Gasteiger partial charge in [0.15, 0.2) is 0 Å². The highest BCUT2D eigenvalue weighted by Crippen LogP contribution is 2.22. The summed E-state index contributed by atoms with van der Waals surface area (Å²) in [5, 5.41) is 15.7. The first-order valence-corrected chi connectivity index (χ1v) is 5.54. The van der Waals surface area contributed by atoms with Gasteiger partial charge in [-0.1, -0.05) is 18.3 Å². The minimum atomic E-state index is -0.340. The van der Waals surface area contributed by atoms with Gasteiger partial charge in [0, 0.05) is 11.4 Å². The first kappa shape index (κ1) is 11.1. The Morgan fingerprint density at radius 2 is 2.36 bits per heavy atom. The second-order valence-electron chi connectivity index (χ2n) is 3.05. The standard InChI is InChI=1S/C9H14N2O2S/c1-2-4-10-5-3-8-6-9(11(12)13)14-7-8/h6-7,10H,2-5H2,1H3. The van der Waals surface area contributed by atoms with E-state index in [1.165, 1.54) is 11.3 Å². The lowest BCUT2D eigenvalue weighted by molar-refractivity contribution is -0.380. The van der Waals surface area contributed by atoms with Gasteiger partial charge >= 0.3 is 5.00 Å². The average Bonchev–Trinajstić information content (AvgIpc) is 2.61. The second kappa shape index (κ2) is 5.72. The van der Waals surface area contributed by atoms with Crippen LogP contribution >= 0.6 is 11.3 Å². The van der Waals surface area contributed by atoms with Crippen LogP contribution in [0.4, 0.5) is 5.00 Å². The Bertz CT molecular complexity index is 299. The molecule has 0 aliphatic rings. The summed E-state index contributed by atoms with van der Waals surface area (Å²) in [6.07, 6.45) is 1.98. The van der Waals surface area contributed by atoms with Crippen molar-refractivity contribution in [3.05, 3.63) is 27.1 Å². The van der Waals surface area contributed by atoms with Gasteiger partial charge < -0.3 is 5.32 Å². The molecule has 0 aliphatic heterocycles. The van der Waals surface area contributed by atoms with Gasteiger partial charge in [0.2, 0.25) is 0 Å². The zero-order chi connectivity index (χ0) is 10.4. The molecule has 0 amide bonds. The molecule has 4 nitrogen and oxygen atoms in total. The van der Waals surface area contributed by atoms with Gasteiger partial charge in [0.1, 0.15) is 0 Å². The number of nitrogens with one attached hydrogen (secondary N) is 1. The number of thiophene rings is 1. The Kier molecular flexibility index (Phi) is 4.55. The number of nitrogens with zero attached hydrogens (tertiary/aromatic N) is 1. The molecule has 1 aromatic heterocycles. The first-order valence-electron chi connectivity index (χ1n) is 4.66. The van der Waals surface area contributed by atoms with E-state index in [2.05, 4.69) is 12.2 Å². The van der Waals surface area contributed by atoms with Crippen LogP contribution in [0, 0.1) is 10.1 Å². The van der Waals surface area contributed by atoms with Gasteiger partial charge in [-0.3, -0.25) is 10.1 Å². The Morgan fingerprint density at radius 1 is 1.57 bits per heavy atom. The highest BCUT2D eigenvalue weighted by molar-refractivity contribution is 7.13. The van der Waals surface area contributed by atoms with Crippen molar-refractivity contribution in [1.29, 1.82) is 0 Å². The maximum absolute atomic E-state index is 10.4. The molecule has 0 atom stereocenters. The molecule has 0 bridgehead atoms. The van der Waals surface area contributed by atoms with Crippen LogP contribution in [0.15, 0.2) is 11.4 Å². The van der Waals surface area contributed by atoms with Gasteiger partial charge in [-0.2, -0.15) is 0 Å². The summed E-state index contributed by atoms with van der Waals surface area (Å²) >= 11 is 1.19. The Balaban J connectivity index is 2.33. The minimum absolute atomic E-state index is 0.232. The second-order valence-corrected chi connectivity index (χ2v) is 3.94. The van der Waals surface area contributed by atoms with Crippen LogP contribution in [0.2, 0.25) is 0 Å². The van der Waals surface area contributed by atoms with Crippen LogP contribution in [0.3, 0.4) is 0 Å². The molecular formula is C9H14N2O2S. The normalized spacial score (nSPS) is 10.4. The van der Waals surface area contributed by atoms with E-state index in [-0.39, 0.29) is 9.92 Å². The van der Waals surface area contributed by atoms with Crippen molar-refractivity contribution in [2.75, 3.05) is 13.1 Å². The Hall–Kier alpha value is -0.940. The summed E-state index contributed by atoms with van der Waals surface area (Å²) in [7, 11) is 0. The SMILES string of the molecule is CCCNCCc1csc([N+](=O)[O-])c1. The molecule has 1 heterocycles. The molecule has 0 aromatic carbocycles. The monoisotopic (exact) mass is 214 g/mol. The molecule has 1 rings (SSSR count). The summed E-state index contributed by atoms with van der Waals surface area (Å²) in [6, 6.07) is 1.65. The van der Waals surface area contributed by atoms with Crippen LogP contribution in [0.25, 0.3) is 0 Å². The lowest BCUT2D eigenvalue weighted by Crippen LogP contribution is -2.17. The van der Waals surface area contributed by atoms with Gasteiger partial charge in [0.25, 0.3) is 0 Å². The van der Waals surface area contributed by atoms with Crippen LogP contribution in [0.5, 0.6) is 0 Å². The van der Waals surface area contributed by atoms with Gasteiger partial charge in [0.05, 0.1) is 4.92 Å². The zero-order valence-corrected chi connectivity index (χ0v) is 8.97. The molecule has 0 saturated carbocycles. The number of hydrogen-bond donors (Lipinski definition) is 1. The number of nitro groups is 1. The summed E-state index contributed by atoms with van der Waals surface area (Å²) in [5.41, 5.74) is 1.05. The number of hydrogen-bond acceptors (Lipinski definition) is 4. The van der Waals surface area contributed by atoms with Crippen LogP contribution < -0.4 is 5.32 Å². The molecule has 1 aromatic rings. The molecule has 1 N–H and O–H groups in total. The van der Waals surface area contributed by atoms with E-state index in [0.717, 1.165) is 31.5 Å². The van der Waals surface area contributed by atoms with Crippen molar-refractivity contribution in [1.82, 2.24) is 5.32 Å². The van der Waals surface area contributed by atoms with E-state index in [1.807, 2.05) is 5.38 Å². The van der Waals surface area contributed by atoms with E-state index in [4.69, 9.17) is 0 Å². The van der Waals surface area contributed by atoms with Crippen molar-refractivity contribution in [2.45, 2.75) is 19.8 Å². The third-order valence-electron chi connectivity index (χ3n) is 1.84. The van der Waals surface area contributed by atoms with Crippen LogP contribution in [0.1, 0.15) is 18.9 Å².